The fraction of sp³-hybridized carbons (Fsp3) is 0.263. The predicted molar refractivity (Wildman–Crippen MR) is 98.5 cm³/mol. The molecule has 2 rings (SSSR count). The van der Waals surface area contributed by atoms with Crippen molar-refractivity contribution in [3.8, 4) is 5.75 Å². The molecule has 0 unspecified atom stereocenters. The van der Waals surface area contributed by atoms with Crippen LogP contribution >= 0.6 is 23.2 Å². The number of benzene rings is 2. The van der Waals surface area contributed by atoms with E-state index in [1.54, 1.807) is 0 Å². The largest absolute Gasteiger partial charge is 0.508 e. The van der Waals surface area contributed by atoms with Gasteiger partial charge in [0, 0.05) is 12.2 Å². The van der Waals surface area contributed by atoms with E-state index in [4.69, 9.17) is 23.2 Å². The molecule has 2 nitrogen and oxygen atoms in total. The Morgan fingerprint density at radius 1 is 1.04 bits per heavy atom. The van der Waals surface area contributed by atoms with Crippen LogP contribution in [-0.4, -0.2) is 11.7 Å². The average molecular weight is 350 g/mol. The van der Waals surface area contributed by atoms with Crippen molar-refractivity contribution >= 4 is 23.2 Å². The fourth-order valence-electron chi connectivity index (χ4n) is 2.27. The van der Waals surface area contributed by atoms with Gasteiger partial charge in [0.05, 0.1) is 10.0 Å². The van der Waals surface area contributed by atoms with Crippen molar-refractivity contribution in [2.75, 3.05) is 6.54 Å². The molecule has 23 heavy (non-hydrogen) atoms. The van der Waals surface area contributed by atoms with Gasteiger partial charge in [-0.25, -0.2) is 0 Å². The van der Waals surface area contributed by atoms with Gasteiger partial charge in [0.15, 0.2) is 0 Å². The molecule has 0 aliphatic rings. The van der Waals surface area contributed by atoms with Gasteiger partial charge in [-0.1, -0.05) is 48.0 Å². The van der Waals surface area contributed by atoms with E-state index in [1.165, 1.54) is 0 Å². The monoisotopic (exact) mass is 349 g/mol. The van der Waals surface area contributed by atoms with Crippen LogP contribution < -0.4 is 5.32 Å². The standard InChI is InChI=1S/C19H21Cl2NO/c1-13-3-5-16(12-19(13)23)9-10-22-14(2)4-6-15-7-8-17(20)18(21)11-15/h3,5,7-8,11-12,22-23H,2,4,6,9-10H2,1H3. The number of phenolic OH excluding ortho intramolecular Hbond substituents is 1. The molecule has 122 valence electrons. The molecule has 0 atom stereocenters. The van der Waals surface area contributed by atoms with Crippen LogP contribution in [0.3, 0.4) is 0 Å². The fourth-order valence-corrected chi connectivity index (χ4v) is 2.59. The van der Waals surface area contributed by atoms with Gasteiger partial charge in [0.1, 0.15) is 5.75 Å². The molecule has 0 bridgehead atoms. The van der Waals surface area contributed by atoms with Gasteiger partial charge >= 0.3 is 0 Å². The van der Waals surface area contributed by atoms with Crippen molar-refractivity contribution in [2.45, 2.75) is 26.2 Å². The summed E-state index contributed by atoms with van der Waals surface area (Å²) >= 11 is 11.9. The minimum Gasteiger partial charge on any atom is -0.508 e. The number of allylic oxidation sites excluding steroid dienone is 1. The molecule has 0 saturated heterocycles. The first kappa shape index (κ1) is 17.7. The molecule has 0 radical (unpaired) electrons. The van der Waals surface area contributed by atoms with Crippen molar-refractivity contribution in [1.82, 2.24) is 5.32 Å². The minimum absolute atomic E-state index is 0.348. The minimum atomic E-state index is 0.348. The summed E-state index contributed by atoms with van der Waals surface area (Å²) in [5.74, 6) is 0.348. The van der Waals surface area contributed by atoms with E-state index < -0.39 is 0 Å². The highest BCUT2D eigenvalue weighted by atomic mass is 35.5. The zero-order valence-electron chi connectivity index (χ0n) is 13.2. The third-order valence-electron chi connectivity index (χ3n) is 3.76. The van der Waals surface area contributed by atoms with Gasteiger partial charge in [-0.2, -0.15) is 0 Å². The van der Waals surface area contributed by atoms with E-state index in [-0.39, 0.29) is 0 Å². The first-order chi connectivity index (χ1) is 11.0. The van der Waals surface area contributed by atoms with Crippen LogP contribution in [0.4, 0.5) is 0 Å². The summed E-state index contributed by atoms with van der Waals surface area (Å²) in [6, 6.07) is 11.5. The van der Waals surface area contributed by atoms with Crippen molar-refractivity contribution in [3.63, 3.8) is 0 Å². The Morgan fingerprint density at radius 3 is 2.43 bits per heavy atom. The van der Waals surface area contributed by atoms with E-state index in [1.807, 2.05) is 43.3 Å². The Labute approximate surface area is 147 Å². The summed E-state index contributed by atoms with van der Waals surface area (Å²) in [7, 11) is 0. The maximum Gasteiger partial charge on any atom is 0.118 e. The molecular formula is C19H21Cl2NO. The summed E-state index contributed by atoms with van der Waals surface area (Å²) < 4.78 is 0. The third kappa shape index (κ3) is 5.49. The van der Waals surface area contributed by atoms with Crippen molar-refractivity contribution in [2.24, 2.45) is 0 Å². The number of aryl methyl sites for hydroxylation is 2. The summed E-state index contributed by atoms with van der Waals surface area (Å²) in [5.41, 5.74) is 4.14. The van der Waals surface area contributed by atoms with E-state index in [0.29, 0.717) is 15.8 Å². The number of halogens is 2. The normalized spacial score (nSPS) is 10.6. The molecule has 0 aliphatic carbocycles. The van der Waals surface area contributed by atoms with E-state index in [0.717, 1.165) is 48.2 Å². The first-order valence-electron chi connectivity index (χ1n) is 7.60. The van der Waals surface area contributed by atoms with Crippen LogP contribution in [0.15, 0.2) is 48.7 Å². The molecule has 4 heteroatoms. The molecule has 0 fully saturated rings. The number of nitrogens with one attached hydrogen (secondary N) is 1. The lowest BCUT2D eigenvalue weighted by molar-refractivity contribution is 0.470. The van der Waals surface area contributed by atoms with Crippen LogP contribution in [0.1, 0.15) is 23.1 Å². The Morgan fingerprint density at radius 2 is 1.74 bits per heavy atom. The van der Waals surface area contributed by atoms with Gasteiger partial charge in [0.25, 0.3) is 0 Å². The Kier molecular flexibility index (Phi) is 6.37. The molecule has 0 saturated carbocycles. The Balaban J connectivity index is 1.74. The molecule has 2 aromatic rings. The summed E-state index contributed by atoms with van der Waals surface area (Å²) in [6.07, 6.45) is 2.56. The second-order valence-electron chi connectivity index (χ2n) is 5.65. The van der Waals surface area contributed by atoms with Gasteiger partial charge in [0.2, 0.25) is 0 Å². The Hall–Kier alpha value is -1.64. The maximum atomic E-state index is 9.70. The highest BCUT2D eigenvalue weighted by molar-refractivity contribution is 6.42. The highest BCUT2D eigenvalue weighted by Crippen LogP contribution is 2.23. The maximum absolute atomic E-state index is 9.70. The van der Waals surface area contributed by atoms with Gasteiger partial charge in [-0.3, -0.25) is 0 Å². The van der Waals surface area contributed by atoms with Crippen molar-refractivity contribution < 1.29 is 5.11 Å². The summed E-state index contributed by atoms with van der Waals surface area (Å²) in [5, 5.41) is 14.2. The lowest BCUT2D eigenvalue weighted by Gasteiger charge is -2.10. The Bertz CT molecular complexity index is 698. The lowest BCUT2D eigenvalue weighted by Crippen LogP contribution is -2.16. The van der Waals surface area contributed by atoms with E-state index >= 15 is 0 Å². The summed E-state index contributed by atoms with van der Waals surface area (Å²) in [4.78, 5) is 0. The average Bonchev–Trinajstić information content (AvgIpc) is 2.52. The number of hydrogen-bond acceptors (Lipinski definition) is 2. The molecule has 0 aromatic heterocycles. The molecule has 2 N–H and O–H groups in total. The molecule has 0 aliphatic heterocycles. The third-order valence-corrected chi connectivity index (χ3v) is 4.50. The second kappa shape index (κ2) is 8.28. The zero-order valence-corrected chi connectivity index (χ0v) is 14.7. The quantitative estimate of drug-likeness (QED) is 0.711. The van der Waals surface area contributed by atoms with Crippen molar-refractivity contribution in [1.29, 1.82) is 0 Å². The summed E-state index contributed by atoms with van der Waals surface area (Å²) in [6.45, 7) is 6.74. The molecular weight excluding hydrogens is 329 g/mol. The van der Waals surface area contributed by atoms with Gasteiger partial charge in [-0.05, 0) is 61.1 Å². The highest BCUT2D eigenvalue weighted by Gasteiger charge is 2.02. The SMILES string of the molecule is C=C(CCc1ccc(Cl)c(Cl)c1)NCCc1ccc(C)c(O)c1. The lowest BCUT2D eigenvalue weighted by atomic mass is 10.1. The smallest absolute Gasteiger partial charge is 0.118 e. The number of phenols is 1. The first-order valence-corrected chi connectivity index (χ1v) is 8.35. The zero-order chi connectivity index (χ0) is 16.8. The molecule has 0 amide bonds. The molecule has 0 heterocycles. The second-order valence-corrected chi connectivity index (χ2v) is 6.46. The molecule has 0 spiro atoms. The number of rotatable bonds is 7. The number of aromatic hydroxyl groups is 1. The van der Waals surface area contributed by atoms with E-state index in [9.17, 15) is 5.11 Å². The van der Waals surface area contributed by atoms with Gasteiger partial charge in [-0.15, -0.1) is 0 Å². The van der Waals surface area contributed by atoms with Crippen LogP contribution in [0.2, 0.25) is 10.0 Å². The predicted octanol–water partition coefficient (Wildman–Crippen LogP) is 5.29. The number of hydrogen-bond donors (Lipinski definition) is 2. The van der Waals surface area contributed by atoms with Crippen LogP contribution in [-0.2, 0) is 12.8 Å². The van der Waals surface area contributed by atoms with Gasteiger partial charge < -0.3 is 10.4 Å². The molecule has 2 aromatic carbocycles. The van der Waals surface area contributed by atoms with Crippen molar-refractivity contribution in [3.05, 3.63) is 75.4 Å². The van der Waals surface area contributed by atoms with E-state index in [2.05, 4.69) is 11.9 Å². The van der Waals surface area contributed by atoms with Crippen LogP contribution in [0.25, 0.3) is 0 Å². The van der Waals surface area contributed by atoms with Crippen LogP contribution in [0.5, 0.6) is 5.75 Å². The topological polar surface area (TPSA) is 32.3 Å². The van der Waals surface area contributed by atoms with Crippen LogP contribution in [0, 0.1) is 6.92 Å².